The van der Waals surface area contributed by atoms with Gasteiger partial charge in [-0.15, -0.1) is 0 Å². The zero-order chi connectivity index (χ0) is 24.9. The highest BCUT2D eigenvalue weighted by atomic mass is 19.3. The number of benzene rings is 2. The van der Waals surface area contributed by atoms with Crippen molar-refractivity contribution >= 4 is 33.3 Å². The van der Waals surface area contributed by atoms with Gasteiger partial charge in [-0.25, -0.2) is 13.8 Å². The van der Waals surface area contributed by atoms with Gasteiger partial charge < -0.3 is 14.1 Å². The molecule has 1 aliphatic heterocycles. The number of methoxy groups -OCH3 is 1. The molecule has 0 N–H and O–H groups in total. The van der Waals surface area contributed by atoms with E-state index in [0.717, 1.165) is 22.0 Å². The fraction of sp³-hybridized carbons (Fsp3) is 0.286. The third-order valence-electron chi connectivity index (χ3n) is 6.67. The van der Waals surface area contributed by atoms with Gasteiger partial charge in [0, 0.05) is 42.9 Å². The summed E-state index contributed by atoms with van der Waals surface area (Å²) in [6.45, 7) is 8.21. The molecule has 0 amide bonds. The number of piperidine rings is 1. The van der Waals surface area contributed by atoms with Gasteiger partial charge in [0.25, 0.3) is 5.92 Å². The Morgan fingerprint density at radius 3 is 2.51 bits per heavy atom. The summed E-state index contributed by atoms with van der Waals surface area (Å²) < 4.78 is 39.3. The Morgan fingerprint density at radius 2 is 1.80 bits per heavy atom. The summed E-state index contributed by atoms with van der Waals surface area (Å²) in [6, 6.07) is 13.2. The van der Waals surface area contributed by atoms with Gasteiger partial charge in [0.05, 0.1) is 23.6 Å². The summed E-state index contributed by atoms with van der Waals surface area (Å²) in [4.78, 5) is 19.7. The van der Waals surface area contributed by atoms with Gasteiger partial charge in [0.1, 0.15) is 5.58 Å². The fourth-order valence-electron chi connectivity index (χ4n) is 4.74. The molecule has 0 atom stereocenters. The lowest BCUT2D eigenvalue weighted by Crippen LogP contribution is -2.40. The van der Waals surface area contributed by atoms with Crippen LogP contribution < -0.4 is 15.1 Å². The predicted octanol–water partition coefficient (Wildman–Crippen LogP) is 6.26. The Kier molecular flexibility index (Phi) is 5.58. The topological polar surface area (TPSA) is 55.6 Å². The second-order valence-corrected chi connectivity index (χ2v) is 9.10. The van der Waals surface area contributed by atoms with Crippen molar-refractivity contribution in [1.82, 2.24) is 4.98 Å². The SMILES string of the molecule is C=C(c1cc(OC)nc2ccccc12)c1cc(C)cc2c(=O)c(C)c(N3CCC(F)(F)CC3)oc12. The number of fused-ring (bicyclic) bond motifs is 2. The number of para-hydroxylation sites is 1. The van der Waals surface area contributed by atoms with Gasteiger partial charge in [-0.05, 0) is 48.7 Å². The average Bonchev–Trinajstić information content (AvgIpc) is 2.85. The summed E-state index contributed by atoms with van der Waals surface area (Å²) in [5.74, 6) is -1.91. The number of alkyl halides is 2. The molecule has 1 aliphatic rings. The first-order chi connectivity index (χ1) is 16.7. The lowest BCUT2D eigenvalue weighted by molar-refractivity contribution is -0.0225. The van der Waals surface area contributed by atoms with Crippen molar-refractivity contribution in [2.45, 2.75) is 32.6 Å². The maximum Gasteiger partial charge on any atom is 0.251 e. The summed E-state index contributed by atoms with van der Waals surface area (Å²) in [5, 5.41) is 1.33. The number of aromatic nitrogens is 1. The molecule has 1 fully saturated rings. The average molecular weight is 477 g/mol. The summed E-state index contributed by atoms with van der Waals surface area (Å²) in [5.41, 5.74) is 4.40. The molecule has 1 saturated heterocycles. The monoisotopic (exact) mass is 476 g/mol. The number of rotatable bonds is 4. The molecule has 2 aromatic carbocycles. The molecule has 7 heteroatoms. The number of hydrogen-bond donors (Lipinski definition) is 0. The molecular weight excluding hydrogens is 450 g/mol. The molecular formula is C28H26F2N2O3. The van der Waals surface area contributed by atoms with Crippen LogP contribution in [0.3, 0.4) is 0 Å². The number of pyridine rings is 1. The van der Waals surface area contributed by atoms with E-state index in [1.54, 1.807) is 25.0 Å². The van der Waals surface area contributed by atoms with E-state index < -0.39 is 5.92 Å². The van der Waals surface area contributed by atoms with E-state index in [4.69, 9.17) is 9.15 Å². The number of halogens is 2. The van der Waals surface area contributed by atoms with Gasteiger partial charge in [-0.3, -0.25) is 4.79 Å². The minimum atomic E-state index is -2.69. The molecule has 5 nitrogen and oxygen atoms in total. The highest BCUT2D eigenvalue weighted by molar-refractivity contribution is 6.01. The van der Waals surface area contributed by atoms with E-state index in [2.05, 4.69) is 11.6 Å². The predicted molar refractivity (Wildman–Crippen MR) is 135 cm³/mol. The molecule has 4 aromatic rings. The molecule has 2 aromatic heterocycles. The van der Waals surface area contributed by atoms with E-state index in [-0.39, 0.29) is 31.4 Å². The van der Waals surface area contributed by atoms with E-state index in [9.17, 15) is 13.6 Å². The van der Waals surface area contributed by atoms with Gasteiger partial charge in [-0.2, -0.15) is 0 Å². The molecule has 0 aliphatic carbocycles. The Hall–Kier alpha value is -3.74. The molecule has 0 spiro atoms. The van der Waals surface area contributed by atoms with E-state index in [0.29, 0.717) is 39.4 Å². The van der Waals surface area contributed by atoms with Crippen LogP contribution in [-0.4, -0.2) is 31.1 Å². The quantitative estimate of drug-likeness (QED) is 0.348. The Morgan fingerprint density at radius 1 is 1.09 bits per heavy atom. The van der Waals surface area contributed by atoms with Crippen LogP contribution in [0.4, 0.5) is 14.7 Å². The van der Waals surface area contributed by atoms with Crippen molar-refractivity contribution in [3.8, 4) is 5.88 Å². The van der Waals surface area contributed by atoms with Crippen molar-refractivity contribution in [2.75, 3.05) is 25.1 Å². The zero-order valence-electron chi connectivity index (χ0n) is 20.0. The van der Waals surface area contributed by atoms with Crippen LogP contribution >= 0.6 is 0 Å². The molecule has 0 radical (unpaired) electrons. The Labute approximate surface area is 201 Å². The smallest absolute Gasteiger partial charge is 0.251 e. The number of anilines is 1. The van der Waals surface area contributed by atoms with Crippen molar-refractivity contribution in [1.29, 1.82) is 0 Å². The summed E-state index contributed by atoms with van der Waals surface area (Å²) in [7, 11) is 1.56. The van der Waals surface area contributed by atoms with Crippen LogP contribution in [0.1, 0.15) is 35.1 Å². The van der Waals surface area contributed by atoms with Gasteiger partial charge in [-0.1, -0.05) is 24.8 Å². The van der Waals surface area contributed by atoms with Crippen molar-refractivity contribution in [3.63, 3.8) is 0 Å². The number of nitrogens with zero attached hydrogens (tertiary/aromatic N) is 2. The molecule has 0 bridgehead atoms. The summed E-state index contributed by atoms with van der Waals surface area (Å²) in [6.07, 6.45) is -0.547. The standard InChI is InChI=1S/C28H26F2N2O3/c1-16-13-21(17(2)20-15-24(34-4)31-23-8-6-5-7-19(20)23)26-22(14-16)25(33)18(3)27(35-26)32-11-9-28(29,30)10-12-32/h5-8,13-15H,2,9-12H2,1,3-4H3. The minimum absolute atomic E-state index is 0.122. The number of aryl methyl sites for hydroxylation is 1. The van der Waals surface area contributed by atoms with Gasteiger partial charge >= 0.3 is 0 Å². The Bertz CT molecular complexity index is 1530. The second kappa shape index (κ2) is 8.48. The molecule has 180 valence electrons. The number of ether oxygens (including phenoxy) is 1. The summed E-state index contributed by atoms with van der Waals surface area (Å²) >= 11 is 0. The fourth-order valence-corrected chi connectivity index (χ4v) is 4.74. The second-order valence-electron chi connectivity index (χ2n) is 9.10. The molecule has 3 heterocycles. The molecule has 5 rings (SSSR count). The largest absolute Gasteiger partial charge is 0.481 e. The first-order valence-electron chi connectivity index (χ1n) is 11.5. The highest BCUT2D eigenvalue weighted by Gasteiger charge is 2.35. The maximum absolute atomic E-state index is 13.8. The Balaban J connectivity index is 1.72. The van der Waals surface area contributed by atoms with Crippen LogP contribution in [0, 0.1) is 13.8 Å². The zero-order valence-corrected chi connectivity index (χ0v) is 20.0. The third kappa shape index (κ3) is 4.05. The van der Waals surface area contributed by atoms with E-state index >= 15 is 0 Å². The van der Waals surface area contributed by atoms with Crippen LogP contribution in [0.25, 0.3) is 27.4 Å². The molecule has 0 unspecified atom stereocenters. The lowest BCUT2D eigenvalue weighted by atomic mass is 9.93. The van der Waals surface area contributed by atoms with Gasteiger partial charge in [0.2, 0.25) is 11.8 Å². The van der Waals surface area contributed by atoms with Crippen LogP contribution in [-0.2, 0) is 0 Å². The normalized spacial score (nSPS) is 15.5. The van der Waals surface area contributed by atoms with Crippen molar-refractivity contribution in [2.24, 2.45) is 0 Å². The third-order valence-corrected chi connectivity index (χ3v) is 6.67. The van der Waals surface area contributed by atoms with Crippen LogP contribution in [0.2, 0.25) is 0 Å². The van der Waals surface area contributed by atoms with E-state index in [1.807, 2.05) is 43.3 Å². The molecule has 0 saturated carbocycles. The van der Waals surface area contributed by atoms with Crippen molar-refractivity contribution < 1.29 is 17.9 Å². The van der Waals surface area contributed by atoms with Crippen LogP contribution in [0.5, 0.6) is 5.88 Å². The first-order valence-corrected chi connectivity index (χ1v) is 11.5. The van der Waals surface area contributed by atoms with Gasteiger partial charge in [0.15, 0.2) is 5.43 Å². The number of hydrogen-bond acceptors (Lipinski definition) is 5. The molecule has 35 heavy (non-hydrogen) atoms. The maximum atomic E-state index is 13.8. The lowest BCUT2D eigenvalue weighted by Gasteiger charge is -2.33. The minimum Gasteiger partial charge on any atom is -0.481 e. The highest BCUT2D eigenvalue weighted by Crippen LogP contribution is 2.37. The van der Waals surface area contributed by atoms with E-state index in [1.165, 1.54) is 0 Å². The first kappa shape index (κ1) is 23.0. The van der Waals surface area contributed by atoms with Crippen LogP contribution in [0.15, 0.2) is 58.3 Å². The van der Waals surface area contributed by atoms with Crippen molar-refractivity contribution in [3.05, 3.63) is 81.5 Å².